The van der Waals surface area contributed by atoms with E-state index in [9.17, 15) is 14.9 Å². The number of nitro benzene ring substituents is 1. The number of oxazole rings is 1. The van der Waals surface area contributed by atoms with Gasteiger partial charge in [-0.2, -0.15) is 0 Å². The number of nitro groups is 1. The van der Waals surface area contributed by atoms with E-state index in [2.05, 4.69) is 9.97 Å². The van der Waals surface area contributed by atoms with Crippen LogP contribution >= 0.6 is 23.1 Å². The molecule has 0 saturated carbocycles. The average molecular weight is 403 g/mol. The maximum atomic E-state index is 12.3. The number of thioether (sulfide) groups is 1. The highest BCUT2D eigenvalue weighted by Crippen LogP contribution is 2.26. The molecule has 2 aromatic heterocycles. The van der Waals surface area contributed by atoms with Gasteiger partial charge in [-0.1, -0.05) is 36.9 Å². The van der Waals surface area contributed by atoms with Gasteiger partial charge in [0.15, 0.2) is 0 Å². The van der Waals surface area contributed by atoms with Gasteiger partial charge in [0.05, 0.1) is 17.5 Å². The second-order valence-corrected chi connectivity index (χ2v) is 7.86. The molecule has 0 unspecified atom stereocenters. The van der Waals surface area contributed by atoms with Crippen LogP contribution in [-0.4, -0.2) is 20.7 Å². The Hall–Kier alpha value is -2.52. The van der Waals surface area contributed by atoms with Crippen LogP contribution in [-0.2, 0) is 29.8 Å². The first kappa shape index (κ1) is 19.2. The zero-order valence-corrected chi connectivity index (χ0v) is 16.2. The van der Waals surface area contributed by atoms with E-state index >= 15 is 0 Å². The minimum Gasteiger partial charge on any atom is -0.437 e. The van der Waals surface area contributed by atoms with Crippen LogP contribution in [0.4, 0.5) is 5.69 Å². The SMILES string of the molecule is CCc1cnc(SCc2cnc(CC(=O)Cc3ccccc3[N+](=O)[O-])s2)o1. The first-order valence-corrected chi connectivity index (χ1v) is 10.1. The largest absolute Gasteiger partial charge is 0.437 e. The first-order valence-electron chi connectivity index (χ1n) is 8.30. The number of hydrogen-bond donors (Lipinski definition) is 0. The topological polar surface area (TPSA) is 99.1 Å². The second-order valence-electron chi connectivity index (χ2n) is 5.73. The van der Waals surface area contributed by atoms with Gasteiger partial charge in [-0.25, -0.2) is 9.97 Å². The molecule has 0 saturated heterocycles. The number of aromatic nitrogens is 2. The molecule has 140 valence electrons. The number of ketones is 1. The molecule has 3 aromatic rings. The summed E-state index contributed by atoms with van der Waals surface area (Å²) in [6.45, 7) is 2.01. The normalized spacial score (nSPS) is 10.9. The monoisotopic (exact) mass is 403 g/mol. The zero-order chi connectivity index (χ0) is 19.2. The lowest BCUT2D eigenvalue weighted by Crippen LogP contribution is -2.08. The molecular formula is C18H17N3O4S2. The van der Waals surface area contributed by atoms with Gasteiger partial charge in [0.1, 0.15) is 16.6 Å². The fraction of sp³-hybridized carbons (Fsp3) is 0.278. The fourth-order valence-electron chi connectivity index (χ4n) is 2.43. The van der Waals surface area contributed by atoms with Crippen LogP contribution < -0.4 is 0 Å². The van der Waals surface area contributed by atoms with Crippen molar-refractivity contribution < 1.29 is 14.1 Å². The summed E-state index contributed by atoms with van der Waals surface area (Å²) in [5, 5.41) is 12.4. The van der Waals surface area contributed by atoms with Crippen LogP contribution in [0.1, 0.15) is 28.1 Å². The van der Waals surface area contributed by atoms with E-state index < -0.39 is 4.92 Å². The number of nitrogens with zero attached hydrogens (tertiary/aromatic N) is 3. The molecule has 0 aliphatic rings. The molecule has 7 nitrogen and oxygen atoms in total. The average Bonchev–Trinajstić information content (AvgIpc) is 3.29. The van der Waals surface area contributed by atoms with Crippen molar-refractivity contribution >= 4 is 34.6 Å². The summed E-state index contributed by atoms with van der Waals surface area (Å²) in [6, 6.07) is 6.31. The van der Waals surface area contributed by atoms with Crippen LogP contribution in [0.2, 0.25) is 0 Å². The van der Waals surface area contributed by atoms with E-state index in [1.807, 2.05) is 6.92 Å². The molecular weight excluding hydrogens is 386 g/mol. The Bertz CT molecular complexity index is 951. The van der Waals surface area contributed by atoms with Gasteiger partial charge in [0.25, 0.3) is 10.9 Å². The highest BCUT2D eigenvalue weighted by atomic mass is 32.2. The Kier molecular flexibility index (Phi) is 6.36. The third kappa shape index (κ3) is 5.24. The molecule has 0 aliphatic heterocycles. The Balaban J connectivity index is 1.55. The number of carbonyl (C=O) groups excluding carboxylic acids is 1. The molecule has 3 rings (SSSR count). The van der Waals surface area contributed by atoms with Gasteiger partial charge in [0.2, 0.25) is 0 Å². The van der Waals surface area contributed by atoms with Crippen molar-refractivity contribution in [3.8, 4) is 0 Å². The van der Waals surface area contributed by atoms with Gasteiger partial charge in [-0.3, -0.25) is 14.9 Å². The maximum absolute atomic E-state index is 12.3. The lowest BCUT2D eigenvalue weighted by Gasteiger charge is -2.01. The molecule has 0 aliphatic carbocycles. The van der Waals surface area contributed by atoms with E-state index in [0.29, 0.717) is 21.5 Å². The number of Topliss-reactive ketones (excluding diaryl/α,β-unsaturated/α-hetero) is 1. The highest BCUT2D eigenvalue weighted by molar-refractivity contribution is 7.98. The number of benzene rings is 1. The zero-order valence-electron chi connectivity index (χ0n) is 14.6. The van der Waals surface area contributed by atoms with Crippen LogP contribution in [0.5, 0.6) is 0 Å². The number of carbonyl (C=O) groups is 1. The molecule has 0 bridgehead atoms. The smallest absolute Gasteiger partial charge is 0.273 e. The van der Waals surface area contributed by atoms with E-state index in [0.717, 1.165) is 17.1 Å². The van der Waals surface area contributed by atoms with Crippen LogP contribution in [0.3, 0.4) is 0 Å². The van der Waals surface area contributed by atoms with Crippen LogP contribution in [0.25, 0.3) is 0 Å². The van der Waals surface area contributed by atoms with Crippen LogP contribution in [0, 0.1) is 10.1 Å². The van der Waals surface area contributed by atoms with Gasteiger partial charge in [-0.05, 0) is 0 Å². The molecule has 2 heterocycles. The van der Waals surface area contributed by atoms with Crippen molar-refractivity contribution in [3.05, 3.63) is 68.0 Å². The number of rotatable bonds is 9. The summed E-state index contributed by atoms with van der Waals surface area (Å²) in [4.78, 5) is 32.4. The third-order valence-corrected chi connectivity index (χ3v) is 5.82. The maximum Gasteiger partial charge on any atom is 0.273 e. The summed E-state index contributed by atoms with van der Waals surface area (Å²) in [6.07, 6.45) is 4.47. The van der Waals surface area contributed by atoms with Gasteiger partial charge in [-0.15, -0.1) is 11.3 Å². The number of aryl methyl sites for hydroxylation is 1. The van der Waals surface area contributed by atoms with E-state index in [-0.39, 0.29) is 24.3 Å². The third-order valence-electron chi connectivity index (χ3n) is 3.74. The van der Waals surface area contributed by atoms with Crippen molar-refractivity contribution in [1.82, 2.24) is 9.97 Å². The molecule has 0 radical (unpaired) electrons. The summed E-state index contributed by atoms with van der Waals surface area (Å²) in [5.74, 6) is 1.42. The summed E-state index contributed by atoms with van der Waals surface area (Å²) >= 11 is 2.94. The molecule has 0 atom stereocenters. The Morgan fingerprint density at radius 3 is 2.81 bits per heavy atom. The molecule has 0 spiro atoms. The quantitative estimate of drug-likeness (QED) is 0.299. The molecule has 27 heavy (non-hydrogen) atoms. The standard InChI is InChI=1S/C18H17N3O4S2/c1-2-14-9-20-18(25-14)26-11-15-10-19-17(27-15)8-13(22)7-12-5-3-4-6-16(12)21(23)24/h3-6,9-10H,2,7-8,11H2,1H3. The van der Waals surface area contributed by atoms with Crippen molar-refractivity contribution in [3.63, 3.8) is 0 Å². The molecule has 9 heteroatoms. The lowest BCUT2D eigenvalue weighted by molar-refractivity contribution is -0.385. The highest BCUT2D eigenvalue weighted by Gasteiger charge is 2.17. The minimum absolute atomic E-state index is 0.0247. The van der Waals surface area contributed by atoms with Crippen molar-refractivity contribution in [2.45, 2.75) is 37.2 Å². The van der Waals surface area contributed by atoms with Crippen molar-refractivity contribution in [2.75, 3.05) is 0 Å². The lowest BCUT2D eigenvalue weighted by atomic mass is 10.1. The Morgan fingerprint density at radius 2 is 2.07 bits per heavy atom. The van der Waals surface area contributed by atoms with E-state index in [4.69, 9.17) is 4.42 Å². The minimum atomic E-state index is -0.464. The molecule has 0 amide bonds. The second kappa shape index (κ2) is 8.92. The number of hydrogen-bond acceptors (Lipinski definition) is 8. The Morgan fingerprint density at radius 1 is 1.26 bits per heavy atom. The van der Waals surface area contributed by atoms with E-state index in [1.54, 1.807) is 30.6 Å². The van der Waals surface area contributed by atoms with Gasteiger partial charge < -0.3 is 4.42 Å². The number of thiazole rings is 1. The van der Waals surface area contributed by atoms with Gasteiger partial charge >= 0.3 is 0 Å². The molecule has 1 aromatic carbocycles. The summed E-state index contributed by atoms with van der Waals surface area (Å²) in [5.41, 5.74) is 0.398. The molecule has 0 fully saturated rings. The predicted molar refractivity (Wildman–Crippen MR) is 103 cm³/mol. The Labute approximate surface area is 164 Å². The summed E-state index contributed by atoms with van der Waals surface area (Å²) in [7, 11) is 0. The molecule has 0 N–H and O–H groups in total. The summed E-state index contributed by atoms with van der Waals surface area (Å²) < 4.78 is 5.55. The van der Waals surface area contributed by atoms with Crippen LogP contribution in [0.15, 0.2) is 46.3 Å². The fourth-order valence-corrected chi connectivity index (χ4v) is 4.22. The first-order chi connectivity index (χ1) is 13.0. The number of para-hydroxylation sites is 1. The van der Waals surface area contributed by atoms with Gasteiger partial charge in [0, 0.05) is 41.3 Å². The van der Waals surface area contributed by atoms with Crippen molar-refractivity contribution in [2.24, 2.45) is 0 Å². The van der Waals surface area contributed by atoms with E-state index in [1.165, 1.54) is 29.2 Å². The predicted octanol–water partition coefficient (Wildman–Crippen LogP) is 4.25. The van der Waals surface area contributed by atoms with Crippen molar-refractivity contribution in [1.29, 1.82) is 0 Å².